The first kappa shape index (κ1) is 32.1. The van der Waals surface area contributed by atoms with Crippen molar-refractivity contribution in [3.63, 3.8) is 0 Å². The van der Waals surface area contributed by atoms with Gasteiger partial charge in [0.05, 0.1) is 0 Å². The topological polar surface area (TPSA) is 0 Å². The van der Waals surface area contributed by atoms with E-state index in [4.69, 9.17) is 77.4 Å². The van der Waals surface area contributed by atoms with Crippen LogP contribution in [0.5, 0.6) is 0 Å². The number of hydrogen-bond acceptors (Lipinski definition) is 0. The smallest absolute Gasteiger partial charge is 0 e. The zero-order chi connectivity index (χ0) is 18.5. The first-order valence-electron chi connectivity index (χ1n) is 7.65. The maximum atomic E-state index is 6.18. The molecule has 0 saturated heterocycles. The third kappa shape index (κ3) is 9.68. The van der Waals surface area contributed by atoms with Crippen molar-refractivity contribution in [2.24, 2.45) is 0 Å². The van der Waals surface area contributed by atoms with Crippen LogP contribution in [0.4, 0.5) is 0 Å². The van der Waals surface area contributed by atoms with Crippen LogP contribution in [0.25, 0.3) is 0 Å². The molecule has 25 heavy (non-hydrogen) atoms. The van der Waals surface area contributed by atoms with E-state index in [-0.39, 0.29) is 53.1 Å². The molecule has 88 valence electrons. The molecule has 0 unspecified atom stereocenters. The van der Waals surface area contributed by atoms with Crippen LogP contribution in [0.3, 0.4) is 0 Å². The first-order chi connectivity index (χ1) is 10.5. The van der Waals surface area contributed by atoms with E-state index in [2.05, 4.69) is 6.82 Å². The van der Waals surface area contributed by atoms with Gasteiger partial charge in [-0.3, -0.25) is 0 Å². The van der Waals surface area contributed by atoms with E-state index in [1.807, 2.05) is 6.82 Å². The van der Waals surface area contributed by atoms with Crippen molar-refractivity contribution in [2.75, 3.05) is 0 Å². The van der Waals surface area contributed by atoms with Crippen LogP contribution in [0.1, 0.15) is 0 Å². The van der Waals surface area contributed by atoms with Crippen LogP contribution in [-0.4, -0.2) is 149 Å². The van der Waals surface area contributed by atoms with Crippen molar-refractivity contribution in [1.29, 1.82) is 0 Å². The molecule has 0 aliphatic heterocycles. The quantitative estimate of drug-likeness (QED) is 0.269. The van der Waals surface area contributed by atoms with Gasteiger partial charge in [-0.2, -0.15) is 0 Å². The maximum absolute atomic E-state index is 6.18. The summed E-state index contributed by atoms with van der Waals surface area (Å²) in [6, 6.07) is 0. The molecule has 0 heterocycles. The average molecular weight is 360 g/mol. The molecule has 0 fully saturated rings. The van der Waals surface area contributed by atoms with Crippen molar-refractivity contribution in [3.8, 4) is 0 Å². The Balaban J connectivity index is -0.00000242. The first-order valence-corrected chi connectivity index (χ1v) is 7.65. The van der Waals surface area contributed by atoms with Gasteiger partial charge in [0, 0.05) is 32.7 Å². The van der Waals surface area contributed by atoms with Crippen LogP contribution in [-0.2, 0) is 32.7 Å². The van der Waals surface area contributed by atoms with Crippen molar-refractivity contribution < 1.29 is 32.7 Å². The molecular weight excluding hydrogens is 352 g/mol. The molecule has 0 spiro atoms. The Kier molecular flexibility index (Phi) is 19.7. The second-order valence-electron chi connectivity index (χ2n) is 6.37. The summed E-state index contributed by atoms with van der Waals surface area (Å²) in [5.74, 6) is 0. The fraction of sp³-hybridized carbons (Fsp3) is 0.333. The Labute approximate surface area is 200 Å². The fourth-order valence-electron chi connectivity index (χ4n) is 3.45. The Morgan fingerprint density at radius 3 is 1.12 bits per heavy atom. The van der Waals surface area contributed by atoms with Gasteiger partial charge in [0.25, 0.3) is 0 Å². The van der Waals surface area contributed by atoms with Gasteiger partial charge in [0.1, 0.15) is 0 Å². The summed E-state index contributed by atoms with van der Waals surface area (Å²) in [6.07, 6.45) is -5.68. The minimum Gasteiger partial charge on any atom is -0.372 e. The molecule has 0 aromatic rings. The molecule has 0 aromatic carbocycles. The van der Waals surface area contributed by atoms with Gasteiger partial charge in [-0.15, -0.1) is 6.82 Å². The SMILES string of the molecule is [B][B]B([B])B(B(B([B])[B])B([B])[B])B(B([CH2-])C)B(B([B])[B])B([B])[B].[CH3-].[Y]. The van der Waals surface area contributed by atoms with E-state index < -0.39 is 51.1 Å². The number of hydrogen-bond donors (Lipinski definition) is 0. The van der Waals surface area contributed by atoms with E-state index in [9.17, 15) is 0 Å². The van der Waals surface area contributed by atoms with E-state index in [1.165, 1.54) is 7.06 Å². The van der Waals surface area contributed by atoms with Gasteiger partial charge in [-0.05, 0) is 142 Å². The van der Waals surface area contributed by atoms with Crippen LogP contribution < -0.4 is 0 Å². The van der Waals surface area contributed by atoms with Gasteiger partial charge >= 0.3 is 0 Å². The summed E-state index contributed by atoms with van der Waals surface area (Å²) < 4.78 is 0. The molecule has 0 N–H and O–H groups in total. The van der Waals surface area contributed by atoms with Crippen LogP contribution >= 0.6 is 0 Å². The van der Waals surface area contributed by atoms with Gasteiger partial charge in [-0.1, -0.05) is 6.60 Å². The monoisotopic (exact) mass is 364 g/mol. The largest absolute Gasteiger partial charge is 0.372 e. The van der Waals surface area contributed by atoms with E-state index in [0.29, 0.717) is 0 Å². The zero-order valence-electron chi connectivity index (χ0n) is 15.4. The van der Waals surface area contributed by atoms with Gasteiger partial charge in [0.2, 0.25) is 0 Å². The summed E-state index contributed by atoms with van der Waals surface area (Å²) in [5, 5.41) is 0. The summed E-state index contributed by atoms with van der Waals surface area (Å²) in [7, 11) is 60.2. The molecule has 0 nitrogen and oxygen atoms in total. The normalized spacial score (nSPS) is 8.56. The Bertz CT molecular complexity index is 300. The van der Waals surface area contributed by atoms with Crippen LogP contribution in [0.2, 0.25) is 6.82 Å². The maximum Gasteiger partial charge on any atom is 0 e. The molecule has 0 aromatic heterocycles. The summed E-state index contributed by atoms with van der Waals surface area (Å²) >= 11 is 0. The third-order valence-electron chi connectivity index (χ3n) is 4.43. The molecule has 22 heteroatoms. The van der Waals surface area contributed by atoms with E-state index in [1.54, 1.807) is 0 Å². The molecular formula is C3H8B21Y-2. The Morgan fingerprint density at radius 2 is 0.920 bits per heavy atom. The van der Waals surface area contributed by atoms with Crippen LogP contribution in [0.15, 0.2) is 0 Å². The molecule has 0 amide bonds. The van der Waals surface area contributed by atoms with E-state index in [0.717, 1.165) is 0 Å². The van der Waals surface area contributed by atoms with Gasteiger partial charge in [0.15, 0.2) is 0 Å². The minimum atomic E-state index is -0.823. The van der Waals surface area contributed by atoms with Gasteiger partial charge in [-0.25, -0.2) is 0 Å². The summed E-state index contributed by atoms with van der Waals surface area (Å²) in [6.45, 7) is 5.76. The molecule has 0 bridgehead atoms. The predicted molar refractivity (Wildman–Crippen MR) is 138 cm³/mol. The summed E-state index contributed by atoms with van der Waals surface area (Å²) in [5.41, 5.74) is 0. The van der Waals surface area contributed by atoms with Crippen LogP contribution in [0, 0.1) is 14.2 Å². The standard InChI is InChI=1S/C2H5B21.CH3.Y/c1-14(2)20(21(15(4)5)16(6)7)23(19(12)13-3)22(17(8)9)18(10)11;;/h1H2,2H3;1H3;/q2*-1;. The molecule has 0 aliphatic rings. The minimum absolute atomic E-state index is 0. The van der Waals surface area contributed by atoms with Gasteiger partial charge < -0.3 is 14.2 Å². The summed E-state index contributed by atoms with van der Waals surface area (Å²) in [4.78, 5) is 0. The second kappa shape index (κ2) is 15.3. The second-order valence-corrected chi connectivity index (χ2v) is 6.37. The molecule has 22 radical (unpaired) electrons. The van der Waals surface area contributed by atoms with E-state index >= 15 is 0 Å². The third-order valence-corrected chi connectivity index (χ3v) is 4.43. The molecule has 0 saturated carbocycles. The fourth-order valence-corrected chi connectivity index (χ4v) is 3.45. The van der Waals surface area contributed by atoms with Crippen molar-refractivity contribution in [1.82, 2.24) is 0 Å². The molecule has 0 aliphatic carbocycles. The Morgan fingerprint density at radius 1 is 0.640 bits per heavy atom. The van der Waals surface area contributed by atoms with Crippen molar-refractivity contribution in [2.45, 2.75) is 6.82 Å². The molecule has 0 rings (SSSR count). The van der Waals surface area contributed by atoms with Crippen molar-refractivity contribution in [3.05, 3.63) is 14.2 Å². The van der Waals surface area contributed by atoms with Crippen molar-refractivity contribution >= 4 is 149 Å². The average Bonchev–Trinajstić information content (AvgIpc) is 2.39. The predicted octanol–water partition coefficient (Wildman–Crippen LogP) is -6.64. The molecule has 0 atom stereocenters. The Hall–Kier alpha value is 2.47. The number of rotatable bonds is 10. The zero-order valence-corrected chi connectivity index (χ0v) is 18.2.